The van der Waals surface area contributed by atoms with E-state index in [1.165, 1.54) is 4.91 Å². The Hall–Kier alpha value is 0.330. The van der Waals surface area contributed by atoms with Crippen molar-refractivity contribution in [2.24, 2.45) is 0 Å². The van der Waals surface area contributed by atoms with Crippen LogP contribution in [0.15, 0.2) is 23.3 Å². The van der Waals surface area contributed by atoms with E-state index in [9.17, 15) is 0 Å². The normalized spacial score (nSPS) is 17.4. The summed E-state index contributed by atoms with van der Waals surface area (Å²) >= 11 is 10.00. The van der Waals surface area contributed by atoms with Crippen molar-refractivity contribution in [3.8, 4) is 0 Å². The second-order valence-electron chi connectivity index (χ2n) is 1.78. The summed E-state index contributed by atoms with van der Waals surface area (Å²) < 4.78 is 2.05. The zero-order valence-electron chi connectivity index (χ0n) is 5.40. The van der Waals surface area contributed by atoms with Crippen LogP contribution < -0.4 is 0 Å². The summed E-state index contributed by atoms with van der Waals surface area (Å²) in [5, 5.41) is 0. The van der Waals surface area contributed by atoms with Gasteiger partial charge in [-0.2, -0.15) is 25.3 Å². The highest BCUT2D eigenvalue weighted by atomic mass is 32.2. The average molecular weight is 191 g/mol. The molecule has 0 unspecified atom stereocenters. The average Bonchev–Trinajstić information content (AvgIpc) is 2.05. The fourth-order valence-electron chi connectivity index (χ4n) is 0.615. The van der Waals surface area contributed by atoms with Crippen molar-refractivity contribution in [1.29, 1.82) is 0 Å². The molecule has 0 amide bonds. The maximum atomic E-state index is 4.17. The molecule has 0 saturated heterocycles. The van der Waals surface area contributed by atoms with E-state index in [-0.39, 0.29) is 0 Å². The number of rotatable bonds is 2. The Labute approximate surface area is 76.5 Å². The van der Waals surface area contributed by atoms with Gasteiger partial charge in [0, 0.05) is 16.9 Å². The lowest BCUT2D eigenvalue weighted by molar-refractivity contribution is 0.748. The van der Waals surface area contributed by atoms with Crippen molar-refractivity contribution >= 4 is 37.2 Å². The van der Waals surface area contributed by atoms with Gasteiger partial charge in [-0.25, -0.2) is 0 Å². The minimum Gasteiger partial charge on any atom is -0.310 e. The molecule has 1 aliphatic rings. The molecule has 0 aromatic carbocycles. The molecule has 1 nitrogen and oxygen atoms in total. The molecule has 0 aromatic rings. The third-order valence-corrected chi connectivity index (χ3v) is 3.12. The molecular formula is C6H9NS3. The predicted octanol–water partition coefficient (Wildman–Crippen LogP) is 2.16. The van der Waals surface area contributed by atoms with E-state index in [0.717, 1.165) is 11.6 Å². The van der Waals surface area contributed by atoms with Gasteiger partial charge in [-0.05, 0) is 24.1 Å². The van der Waals surface area contributed by atoms with E-state index < -0.39 is 0 Å². The predicted molar refractivity (Wildman–Crippen MR) is 54.4 cm³/mol. The SMILES string of the molecule is SCC1=CC=CN(CS)S1. The first-order valence-corrected chi connectivity index (χ1v) is 4.94. The van der Waals surface area contributed by atoms with Crippen LogP contribution >= 0.6 is 37.2 Å². The first-order chi connectivity index (χ1) is 4.86. The molecular weight excluding hydrogens is 182 g/mol. The van der Waals surface area contributed by atoms with Gasteiger partial charge in [-0.3, -0.25) is 0 Å². The molecule has 56 valence electrons. The Bertz CT molecular complexity index is 164. The van der Waals surface area contributed by atoms with E-state index in [0.29, 0.717) is 0 Å². The monoisotopic (exact) mass is 191 g/mol. The molecule has 1 aliphatic heterocycles. The van der Waals surface area contributed by atoms with Gasteiger partial charge in [0.1, 0.15) is 0 Å². The third-order valence-electron chi connectivity index (χ3n) is 1.06. The molecule has 0 atom stereocenters. The van der Waals surface area contributed by atoms with Crippen molar-refractivity contribution in [2.75, 3.05) is 11.6 Å². The third kappa shape index (κ3) is 2.18. The summed E-state index contributed by atoms with van der Waals surface area (Å²) in [7, 11) is 0. The van der Waals surface area contributed by atoms with Gasteiger partial charge in [0.15, 0.2) is 0 Å². The maximum absolute atomic E-state index is 4.17. The Morgan fingerprint density at radius 1 is 1.50 bits per heavy atom. The van der Waals surface area contributed by atoms with Crippen molar-refractivity contribution in [3.63, 3.8) is 0 Å². The van der Waals surface area contributed by atoms with Crippen LogP contribution in [0.4, 0.5) is 0 Å². The van der Waals surface area contributed by atoms with Crippen LogP contribution in [0.5, 0.6) is 0 Å². The molecule has 0 spiro atoms. The van der Waals surface area contributed by atoms with Crippen LogP contribution in [-0.2, 0) is 0 Å². The molecule has 4 heteroatoms. The van der Waals surface area contributed by atoms with Crippen molar-refractivity contribution in [1.82, 2.24) is 4.31 Å². The van der Waals surface area contributed by atoms with Crippen LogP contribution in [0.25, 0.3) is 0 Å². The van der Waals surface area contributed by atoms with Gasteiger partial charge in [0.25, 0.3) is 0 Å². The number of thiol groups is 2. The highest BCUT2D eigenvalue weighted by molar-refractivity contribution is 8.02. The lowest BCUT2D eigenvalue weighted by Gasteiger charge is -2.19. The molecule has 0 bridgehead atoms. The quantitative estimate of drug-likeness (QED) is 0.509. The summed E-state index contributed by atoms with van der Waals surface area (Å²) in [6.45, 7) is 0. The van der Waals surface area contributed by atoms with Crippen LogP contribution in [-0.4, -0.2) is 15.9 Å². The van der Waals surface area contributed by atoms with E-state index in [2.05, 4.69) is 35.6 Å². The van der Waals surface area contributed by atoms with E-state index in [4.69, 9.17) is 0 Å². The number of nitrogens with zero attached hydrogens (tertiary/aromatic N) is 1. The van der Waals surface area contributed by atoms with E-state index in [1.54, 1.807) is 11.9 Å². The Morgan fingerprint density at radius 3 is 2.90 bits per heavy atom. The Kier molecular flexibility index (Phi) is 3.59. The highest BCUT2D eigenvalue weighted by Crippen LogP contribution is 2.25. The number of allylic oxidation sites excluding steroid dienone is 2. The minimum atomic E-state index is 0.742. The smallest absolute Gasteiger partial charge is 0.0717 e. The van der Waals surface area contributed by atoms with Crippen LogP contribution in [0, 0.1) is 0 Å². The Morgan fingerprint density at radius 2 is 2.30 bits per heavy atom. The maximum Gasteiger partial charge on any atom is 0.0717 e. The second kappa shape index (κ2) is 4.26. The van der Waals surface area contributed by atoms with E-state index >= 15 is 0 Å². The fourth-order valence-corrected chi connectivity index (χ4v) is 1.85. The summed E-state index contributed by atoms with van der Waals surface area (Å²) in [5.74, 6) is 1.55. The van der Waals surface area contributed by atoms with Crippen LogP contribution in [0.3, 0.4) is 0 Å². The van der Waals surface area contributed by atoms with E-state index in [1.807, 2.05) is 12.3 Å². The molecule has 1 rings (SSSR count). The standard InChI is InChI=1S/C6H9NS3/c8-4-6-2-1-3-7(5-9)10-6/h1-3,8-9H,4-5H2. The van der Waals surface area contributed by atoms with Crippen molar-refractivity contribution < 1.29 is 0 Å². The second-order valence-corrected chi connectivity index (χ2v) is 3.56. The summed E-state index contributed by atoms with van der Waals surface area (Å²) in [4.78, 5) is 1.26. The summed E-state index contributed by atoms with van der Waals surface area (Å²) in [6.07, 6.45) is 6.08. The molecule has 0 aliphatic carbocycles. The molecule has 0 aromatic heterocycles. The molecule has 0 saturated carbocycles. The zero-order valence-corrected chi connectivity index (χ0v) is 8.00. The van der Waals surface area contributed by atoms with Crippen molar-refractivity contribution in [2.45, 2.75) is 0 Å². The number of hydrogen-bond acceptors (Lipinski definition) is 4. The molecule has 10 heavy (non-hydrogen) atoms. The minimum absolute atomic E-state index is 0.742. The largest absolute Gasteiger partial charge is 0.310 e. The highest BCUT2D eigenvalue weighted by Gasteiger charge is 2.04. The summed E-state index contributed by atoms with van der Waals surface area (Å²) in [5.41, 5.74) is 0. The topological polar surface area (TPSA) is 3.24 Å². The van der Waals surface area contributed by atoms with Crippen molar-refractivity contribution in [3.05, 3.63) is 23.3 Å². The zero-order chi connectivity index (χ0) is 7.40. The first-order valence-electron chi connectivity index (χ1n) is 2.90. The Balaban J connectivity index is 2.50. The molecule has 0 N–H and O–H groups in total. The van der Waals surface area contributed by atoms with Gasteiger partial charge >= 0.3 is 0 Å². The lowest BCUT2D eigenvalue weighted by atomic mass is 10.5. The lowest BCUT2D eigenvalue weighted by Crippen LogP contribution is -2.07. The van der Waals surface area contributed by atoms with Gasteiger partial charge in [0.05, 0.1) is 5.88 Å². The fraction of sp³-hybridized carbons (Fsp3) is 0.333. The van der Waals surface area contributed by atoms with Crippen LogP contribution in [0.2, 0.25) is 0 Å². The molecule has 1 heterocycles. The van der Waals surface area contributed by atoms with Crippen LogP contribution in [0.1, 0.15) is 0 Å². The van der Waals surface area contributed by atoms with Gasteiger partial charge < -0.3 is 4.31 Å². The number of hydrogen-bond donors (Lipinski definition) is 2. The summed E-state index contributed by atoms with van der Waals surface area (Å²) in [6, 6.07) is 0. The molecule has 0 radical (unpaired) electrons. The van der Waals surface area contributed by atoms with Gasteiger partial charge in [-0.15, -0.1) is 0 Å². The molecule has 0 fully saturated rings. The van der Waals surface area contributed by atoms with Gasteiger partial charge in [-0.1, -0.05) is 0 Å². The first kappa shape index (κ1) is 8.43. The van der Waals surface area contributed by atoms with Gasteiger partial charge in [0.2, 0.25) is 0 Å².